The summed E-state index contributed by atoms with van der Waals surface area (Å²) < 4.78 is 5.20. The fraction of sp³-hybridized carbons (Fsp3) is 0.588. The molecule has 2 rings (SSSR count). The smallest absolute Gasteiger partial charge is 0.227 e. The highest BCUT2D eigenvalue weighted by Gasteiger charge is 2.36. The second-order valence-corrected chi connectivity index (χ2v) is 5.93. The first-order valence-corrected chi connectivity index (χ1v) is 7.81. The summed E-state index contributed by atoms with van der Waals surface area (Å²) in [4.78, 5) is 12.6. The lowest BCUT2D eigenvalue weighted by Crippen LogP contribution is -2.45. The van der Waals surface area contributed by atoms with E-state index < -0.39 is 0 Å². The van der Waals surface area contributed by atoms with E-state index >= 15 is 0 Å². The lowest BCUT2D eigenvalue weighted by Gasteiger charge is -2.29. The van der Waals surface area contributed by atoms with Crippen LogP contribution in [-0.4, -0.2) is 19.6 Å². The Morgan fingerprint density at radius 1 is 1.29 bits per heavy atom. The van der Waals surface area contributed by atoms with Crippen molar-refractivity contribution in [1.29, 1.82) is 0 Å². The zero-order valence-corrected chi connectivity index (χ0v) is 12.9. The molecule has 0 spiro atoms. The summed E-state index contributed by atoms with van der Waals surface area (Å²) in [6, 6.07) is 7.77. The number of hydrogen-bond donors (Lipinski definition) is 2. The second-order valence-electron chi connectivity index (χ2n) is 5.93. The molecule has 1 amide bonds. The van der Waals surface area contributed by atoms with Crippen LogP contribution in [0.1, 0.15) is 44.1 Å². The summed E-state index contributed by atoms with van der Waals surface area (Å²) in [6.07, 6.45) is 6.45. The number of amides is 1. The third-order valence-electron chi connectivity index (χ3n) is 4.52. The van der Waals surface area contributed by atoms with Gasteiger partial charge in [-0.25, -0.2) is 0 Å². The molecule has 21 heavy (non-hydrogen) atoms. The molecule has 0 unspecified atom stereocenters. The van der Waals surface area contributed by atoms with Gasteiger partial charge in [0.1, 0.15) is 5.75 Å². The van der Waals surface area contributed by atoms with E-state index in [-0.39, 0.29) is 11.3 Å². The van der Waals surface area contributed by atoms with Crippen LogP contribution in [0.2, 0.25) is 0 Å². The second kappa shape index (κ2) is 7.46. The van der Waals surface area contributed by atoms with Crippen LogP contribution in [0, 0.1) is 5.41 Å². The Morgan fingerprint density at radius 2 is 2.00 bits per heavy atom. The molecule has 0 aromatic heterocycles. The van der Waals surface area contributed by atoms with E-state index in [9.17, 15) is 4.79 Å². The molecule has 1 aromatic carbocycles. The molecule has 3 N–H and O–H groups in total. The van der Waals surface area contributed by atoms with Gasteiger partial charge in [-0.15, -0.1) is 0 Å². The minimum atomic E-state index is -0.366. The Morgan fingerprint density at radius 3 is 2.62 bits per heavy atom. The molecule has 0 heterocycles. The lowest BCUT2D eigenvalue weighted by atomic mass is 9.79. The van der Waals surface area contributed by atoms with Gasteiger partial charge < -0.3 is 15.8 Å². The van der Waals surface area contributed by atoms with E-state index in [1.54, 1.807) is 7.11 Å². The van der Waals surface area contributed by atoms with Crippen molar-refractivity contribution in [2.24, 2.45) is 11.1 Å². The molecule has 0 saturated heterocycles. The lowest BCUT2D eigenvalue weighted by molar-refractivity contribution is -0.131. The Labute approximate surface area is 127 Å². The van der Waals surface area contributed by atoms with Gasteiger partial charge in [0.25, 0.3) is 0 Å². The molecular formula is C17H26N2O2. The minimum Gasteiger partial charge on any atom is -0.497 e. The van der Waals surface area contributed by atoms with Crippen molar-refractivity contribution in [2.45, 2.75) is 45.1 Å². The summed E-state index contributed by atoms with van der Waals surface area (Å²) >= 11 is 0. The Hall–Kier alpha value is -1.55. The molecule has 0 radical (unpaired) electrons. The van der Waals surface area contributed by atoms with E-state index in [0.29, 0.717) is 13.1 Å². The summed E-state index contributed by atoms with van der Waals surface area (Å²) in [5.41, 5.74) is 6.62. The van der Waals surface area contributed by atoms with E-state index in [2.05, 4.69) is 5.32 Å². The van der Waals surface area contributed by atoms with Crippen molar-refractivity contribution in [2.75, 3.05) is 13.7 Å². The third-order valence-corrected chi connectivity index (χ3v) is 4.52. The van der Waals surface area contributed by atoms with Crippen LogP contribution in [0.15, 0.2) is 24.3 Å². The van der Waals surface area contributed by atoms with Crippen LogP contribution in [0.4, 0.5) is 0 Å². The predicted molar refractivity (Wildman–Crippen MR) is 84.0 cm³/mol. The van der Waals surface area contributed by atoms with Crippen molar-refractivity contribution >= 4 is 5.91 Å². The standard InChI is InChI=1S/C17H26N2O2/c1-21-15-8-6-7-14(11-15)12-19-16(20)17(13-18)9-4-2-3-5-10-17/h6-8,11H,2-5,9-10,12-13,18H2,1H3,(H,19,20). The molecule has 1 aliphatic carbocycles. The van der Waals surface area contributed by atoms with Gasteiger partial charge in [-0.2, -0.15) is 0 Å². The largest absolute Gasteiger partial charge is 0.497 e. The Balaban J connectivity index is 1.98. The molecule has 0 aliphatic heterocycles. The van der Waals surface area contributed by atoms with Gasteiger partial charge in [0.05, 0.1) is 12.5 Å². The molecule has 4 nitrogen and oxygen atoms in total. The maximum Gasteiger partial charge on any atom is 0.227 e. The van der Waals surface area contributed by atoms with Gasteiger partial charge in [-0.05, 0) is 30.5 Å². The monoisotopic (exact) mass is 290 g/mol. The van der Waals surface area contributed by atoms with Crippen molar-refractivity contribution < 1.29 is 9.53 Å². The SMILES string of the molecule is COc1cccc(CNC(=O)C2(CN)CCCCCC2)c1. The number of carbonyl (C=O) groups excluding carboxylic acids is 1. The van der Waals surface area contributed by atoms with Gasteiger partial charge in [0, 0.05) is 13.1 Å². The minimum absolute atomic E-state index is 0.106. The van der Waals surface area contributed by atoms with Crippen LogP contribution >= 0.6 is 0 Å². The van der Waals surface area contributed by atoms with Crippen molar-refractivity contribution in [3.8, 4) is 5.75 Å². The maximum absolute atomic E-state index is 12.6. The molecular weight excluding hydrogens is 264 g/mol. The van der Waals surface area contributed by atoms with Gasteiger partial charge >= 0.3 is 0 Å². The average molecular weight is 290 g/mol. The topological polar surface area (TPSA) is 64.3 Å². The van der Waals surface area contributed by atoms with E-state index in [1.807, 2.05) is 24.3 Å². The molecule has 1 fully saturated rings. The zero-order valence-electron chi connectivity index (χ0n) is 12.9. The third kappa shape index (κ3) is 3.97. The van der Waals surface area contributed by atoms with Gasteiger partial charge in [-0.3, -0.25) is 4.79 Å². The average Bonchev–Trinajstić information content (AvgIpc) is 2.79. The number of ether oxygens (including phenoxy) is 1. The molecule has 4 heteroatoms. The van der Waals surface area contributed by atoms with Gasteiger partial charge in [-0.1, -0.05) is 37.8 Å². The first kappa shape index (κ1) is 15.8. The molecule has 0 atom stereocenters. The molecule has 1 saturated carbocycles. The first-order chi connectivity index (χ1) is 10.2. The highest BCUT2D eigenvalue weighted by molar-refractivity contribution is 5.82. The highest BCUT2D eigenvalue weighted by atomic mass is 16.5. The van der Waals surface area contributed by atoms with Crippen molar-refractivity contribution in [3.05, 3.63) is 29.8 Å². The number of nitrogens with two attached hydrogens (primary N) is 1. The Bertz CT molecular complexity index is 466. The van der Waals surface area contributed by atoms with E-state index in [1.165, 1.54) is 12.8 Å². The number of methoxy groups -OCH3 is 1. The zero-order chi connectivity index (χ0) is 15.1. The van der Waals surface area contributed by atoms with Crippen molar-refractivity contribution in [3.63, 3.8) is 0 Å². The first-order valence-electron chi connectivity index (χ1n) is 7.81. The van der Waals surface area contributed by atoms with Gasteiger partial charge in [0.2, 0.25) is 5.91 Å². The van der Waals surface area contributed by atoms with Gasteiger partial charge in [0.15, 0.2) is 0 Å². The van der Waals surface area contributed by atoms with Crippen LogP contribution in [0.25, 0.3) is 0 Å². The normalized spacial score (nSPS) is 17.8. The number of rotatable bonds is 5. The molecule has 0 bridgehead atoms. The molecule has 1 aliphatic rings. The van der Waals surface area contributed by atoms with Crippen LogP contribution in [0.5, 0.6) is 5.75 Å². The van der Waals surface area contributed by atoms with Crippen LogP contribution in [-0.2, 0) is 11.3 Å². The maximum atomic E-state index is 12.6. The summed E-state index contributed by atoms with van der Waals surface area (Å²) in [6.45, 7) is 0.967. The van der Waals surface area contributed by atoms with Crippen LogP contribution in [0.3, 0.4) is 0 Å². The number of benzene rings is 1. The summed E-state index contributed by atoms with van der Waals surface area (Å²) in [5.74, 6) is 0.916. The van der Waals surface area contributed by atoms with Crippen LogP contribution < -0.4 is 15.8 Å². The number of carbonyl (C=O) groups is 1. The van der Waals surface area contributed by atoms with E-state index in [4.69, 9.17) is 10.5 Å². The summed E-state index contributed by atoms with van der Waals surface area (Å²) in [7, 11) is 1.65. The predicted octanol–water partition coefficient (Wildman–Crippen LogP) is 2.61. The molecule has 116 valence electrons. The molecule has 1 aromatic rings. The quantitative estimate of drug-likeness (QED) is 0.819. The highest BCUT2D eigenvalue weighted by Crippen LogP contribution is 2.34. The van der Waals surface area contributed by atoms with Crippen molar-refractivity contribution in [1.82, 2.24) is 5.32 Å². The number of nitrogens with one attached hydrogen (secondary N) is 1. The summed E-state index contributed by atoms with van der Waals surface area (Å²) in [5, 5.41) is 3.07. The fourth-order valence-electron chi connectivity index (χ4n) is 3.08. The Kier molecular flexibility index (Phi) is 5.62. The van der Waals surface area contributed by atoms with E-state index in [0.717, 1.165) is 37.0 Å². The fourth-order valence-corrected chi connectivity index (χ4v) is 3.08. The number of hydrogen-bond acceptors (Lipinski definition) is 3.